The molecule has 1 aromatic rings. The Labute approximate surface area is 95.5 Å². The van der Waals surface area contributed by atoms with Crippen molar-refractivity contribution in [3.05, 3.63) is 35.6 Å². The van der Waals surface area contributed by atoms with Crippen molar-refractivity contribution < 1.29 is 4.39 Å². The van der Waals surface area contributed by atoms with E-state index in [-0.39, 0.29) is 5.82 Å². The van der Waals surface area contributed by atoms with Crippen LogP contribution >= 0.6 is 11.8 Å². The summed E-state index contributed by atoms with van der Waals surface area (Å²) in [6.07, 6.45) is 3.29. The number of thioether (sulfide) groups is 1. The Kier molecular flexibility index (Phi) is 5.73. The highest BCUT2D eigenvalue weighted by Gasteiger charge is 2.00. The normalized spacial score (nSPS) is 12.7. The van der Waals surface area contributed by atoms with Crippen molar-refractivity contribution in [2.75, 3.05) is 12.0 Å². The number of benzene rings is 1. The van der Waals surface area contributed by atoms with Crippen molar-refractivity contribution in [1.29, 1.82) is 0 Å². The minimum Gasteiger partial charge on any atom is -0.310 e. The van der Waals surface area contributed by atoms with Crippen LogP contribution in [0.25, 0.3) is 0 Å². The molecule has 0 aliphatic heterocycles. The van der Waals surface area contributed by atoms with E-state index in [2.05, 4.69) is 18.5 Å². The van der Waals surface area contributed by atoms with Gasteiger partial charge in [0.05, 0.1) is 0 Å². The van der Waals surface area contributed by atoms with E-state index in [4.69, 9.17) is 0 Å². The van der Waals surface area contributed by atoms with Crippen molar-refractivity contribution >= 4 is 11.8 Å². The Bertz CT molecular complexity index is 273. The van der Waals surface area contributed by atoms with Crippen LogP contribution in [-0.2, 0) is 6.54 Å². The van der Waals surface area contributed by atoms with Crippen LogP contribution in [0.3, 0.4) is 0 Å². The Balaban J connectivity index is 2.27. The third-order valence-corrected chi connectivity index (χ3v) is 2.97. The van der Waals surface area contributed by atoms with Gasteiger partial charge in [0.1, 0.15) is 5.82 Å². The van der Waals surface area contributed by atoms with Crippen LogP contribution in [-0.4, -0.2) is 18.1 Å². The molecule has 0 fully saturated rings. The lowest BCUT2D eigenvalue weighted by molar-refractivity contribution is 0.537. The van der Waals surface area contributed by atoms with Crippen molar-refractivity contribution in [1.82, 2.24) is 5.32 Å². The number of rotatable bonds is 6. The monoisotopic (exact) mass is 227 g/mol. The van der Waals surface area contributed by atoms with Crippen LogP contribution in [0.4, 0.5) is 4.39 Å². The van der Waals surface area contributed by atoms with Crippen LogP contribution in [0.15, 0.2) is 24.3 Å². The predicted molar refractivity (Wildman–Crippen MR) is 65.7 cm³/mol. The zero-order valence-corrected chi connectivity index (χ0v) is 10.1. The maximum Gasteiger partial charge on any atom is 0.123 e. The molecule has 84 valence electrons. The molecule has 0 bridgehead atoms. The molecular formula is C12H18FNS. The van der Waals surface area contributed by atoms with E-state index in [9.17, 15) is 4.39 Å². The Morgan fingerprint density at radius 3 is 2.60 bits per heavy atom. The van der Waals surface area contributed by atoms with E-state index in [0.29, 0.717) is 6.04 Å². The molecule has 0 aliphatic carbocycles. The van der Waals surface area contributed by atoms with Crippen molar-refractivity contribution in [2.45, 2.75) is 25.9 Å². The summed E-state index contributed by atoms with van der Waals surface area (Å²) in [5.41, 5.74) is 1.13. The molecule has 1 aromatic carbocycles. The first-order chi connectivity index (χ1) is 7.22. The van der Waals surface area contributed by atoms with Gasteiger partial charge in [0, 0.05) is 12.6 Å². The molecule has 1 nitrogen and oxygen atoms in total. The van der Waals surface area contributed by atoms with E-state index in [0.717, 1.165) is 12.1 Å². The molecule has 1 N–H and O–H groups in total. The molecule has 0 radical (unpaired) electrons. The zero-order valence-electron chi connectivity index (χ0n) is 9.29. The van der Waals surface area contributed by atoms with Gasteiger partial charge in [-0.15, -0.1) is 0 Å². The van der Waals surface area contributed by atoms with Gasteiger partial charge in [-0.1, -0.05) is 12.1 Å². The van der Waals surface area contributed by atoms with Crippen LogP contribution < -0.4 is 5.32 Å². The number of nitrogens with one attached hydrogen (secondary N) is 1. The first kappa shape index (κ1) is 12.5. The van der Waals surface area contributed by atoms with Crippen molar-refractivity contribution in [3.63, 3.8) is 0 Å². The maximum absolute atomic E-state index is 12.6. The highest BCUT2D eigenvalue weighted by atomic mass is 32.2. The molecule has 1 unspecified atom stereocenters. The minimum absolute atomic E-state index is 0.172. The summed E-state index contributed by atoms with van der Waals surface area (Å²) in [5, 5.41) is 3.42. The highest BCUT2D eigenvalue weighted by molar-refractivity contribution is 7.98. The second-order valence-electron chi connectivity index (χ2n) is 3.69. The van der Waals surface area contributed by atoms with Crippen LogP contribution in [0.1, 0.15) is 18.9 Å². The molecule has 0 amide bonds. The molecule has 1 rings (SSSR count). The molecule has 0 aliphatic rings. The smallest absolute Gasteiger partial charge is 0.123 e. The summed E-state index contributed by atoms with van der Waals surface area (Å²) in [4.78, 5) is 0. The first-order valence-corrected chi connectivity index (χ1v) is 6.58. The standard InChI is InChI=1S/C12H18FNS/c1-10(7-8-15-2)14-9-11-3-5-12(13)6-4-11/h3-6,10,14H,7-9H2,1-2H3. The average molecular weight is 227 g/mol. The first-order valence-electron chi connectivity index (χ1n) is 5.19. The molecule has 0 heterocycles. The Hall–Kier alpha value is -0.540. The van der Waals surface area contributed by atoms with E-state index in [1.54, 1.807) is 0 Å². The molecule has 0 spiro atoms. The van der Waals surface area contributed by atoms with E-state index in [1.165, 1.54) is 24.3 Å². The zero-order chi connectivity index (χ0) is 11.1. The fourth-order valence-corrected chi connectivity index (χ4v) is 1.88. The van der Waals surface area contributed by atoms with Crippen molar-refractivity contribution in [2.24, 2.45) is 0 Å². The third kappa shape index (κ3) is 5.19. The van der Waals surface area contributed by atoms with E-state index < -0.39 is 0 Å². The van der Waals surface area contributed by atoms with Gasteiger partial charge in [0.2, 0.25) is 0 Å². The molecule has 0 aromatic heterocycles. The third-order valence-electron chi connectivity index (χ3n) is 2.32. The number of hydrogen-bond donors (Lipinski definition) is 1. The average Bonchev–Trinajstić information content (AvgIpc) is 2.25. The second kappa shape index (κ2) is 6.85. The summed E-state index contributed by atoms with van der Waals surface area (Å²) in [6, 6.07) is 7.17. The summed E-state index contributed by atoms with van der Waals surface area (Å²) in [7, 11) is 0. The lowest BCUT2D eigenvalue weighted by Gasteiger charge is -2.12. The molecule has 1 atom stereocenters. The fourth-order valence-electron chi connectivity index (χ4n) is 1.29. The molecule has 0 saturated carbocycles. The van der Waals surface area contributed by atoms with Gasteiger partial charge < -0.3 is 5.32 Å². The Morgan fingerprint density at radius 1 is 1.33 bits per heavy atom. The summed E-state index contributed by atoms with van der Waals surface area (Å²) in [5.74, 6) is 1.01. The molecule has 3 heteroatoms. The van der Waals surface area contributed by atoms with Gasteiger partial charge in [-0.2, -0.15) is 11.8 Å². The quantitative estimate of drug-likeness (QED) is 0.801. The molecular weight excluding hydrogens is 209 g/mol. The number of hydrogen-bond acceptors (Lipinski definition) is 2. The van der Waals surface area contributed by atoms with Crippen molar-refractivity contribution in [3.8, 4) is 0 Å². The van der Waals surface area contributed by atoms with Crippen LogP contribution in [0.5, 0.6) is 0 Å². The lowest BCUT2D eigenvalue weighted by Crippen LogP contribution is -2.25. The summed E-state index contributed by atoms with van der Waals surface area (Å²) < 4.78 is 12.6. The highest BCUT2D eigenvalue weighted by Crippen LogP contribution is 2.04. The molecule has 0 saturated heterocycles. The van der Waals surface area contributed by atoms with Gasteiger partial charge in [-0.05, 0) is 43.0 Å². The SMILES string of the molecule is CSCCC(C)NCc1ccc(F)cc1. The number of halogens is 1. The fraction of sp³-hybridized carbons (Fsp3) is 0.500. The summed E-state index contributed by atoms with van der Waals surface area (Å²) >= 11 is 1.86. The second-order valence-corrected chi connectivity index (χ2v) is 4.68. The maximum atomic E-state index is 12.6. The van der Waals surface area contributed by atoms with Crippen LogP contribution in [0, 0.1) is 5.82 Å². The van der Waals surface area contributed by atoms with E-state index in [1.807, 2.05) is 23.9 Å². The van der Waals surface area contributed by atoms with Gasteiger partial charge in [0.15, 0.2) is 0 Å². The summed E-state index contributed by atoms with van der Waals surface area (Å²) in [6.45, 7) is 3.00. The minimum atomic E-state index is -0.172. The predicted octanol–water partition coefficient (Wildman–Crippen LogP) is 3.06. The van der Waals surface area contributed by atoms with Gasteiger partial charge in [-0.3, -0.25) is 0 Å². The van der Waals surface area contributed by atoms with Gasteiger partial charge >= 0.3 is 0 Å². The van der Waals surface area contributed by atoms with Gasteiger partial charge in [-0.25, -0.2) is 4.39 Å². The Morgan fingerprint density at radius 2 is 2.00 bits per heavy atom. The largest absolute Gasteiger partial charge is 0.310 e. The van der Waals surface area contributed by atoms with Gasteiger partial charge in [0.25, 0.3) is 0 Å². The lowest BCUT2D eigenvalue weighted by atomic mass is 10.2. The topological polar surface area (TPSA) is 12.0 Å². The van der Waals surface area contributed by atoms with E-state index >= 15 is 0 Å². The molecule has 15 heavy (non-hydrogen) atoms. The van der Waals surface area contributed by atoms with Crippen LogP contribution in [0.2, 0.25) is 0 Å².